The van der Waals surface area contributed by atoms with Crippen molar-refractivity contribution in [2.45, 2.75) is 45.4 Å². The van der Waals surface area contributed by atoms with Crippen LogP contribution < -0.4 is 0 Å². The molecule has 0 aliphatic carbocycles. The van der Waals surface area contributed by atoms with Gasteiger partial charge in [0, 0.05) is 5.92 Å². The summed E-state index contributed by atoms with van der Waals surface area (Å²) < 4.78 is 0. The van der Waals surface area contributed by atoms with E-state index in [1.165, 1.54) is 25.7 Å². The molecule has 0 spiro atoms. The Morgan fingerprint density at radius 1 is 1.33 bits per heavy atom. The lowest BCUT2D eigenvalue weighted by molar-refractivity contribution is 0.561. The van der Waals surface area contributed by atoms with Crippen LogP contribution in [0.25, 0.3) is 0 Å². The molecular weight excluding hydrogens is 146 g/mol. The molecule has 1 heteroatoms. The molecule has 0 aromatic rings. The molecule has 0 N–H and O–H groups in total. The van der Waals surface area contributed by atoms with Gasteiger partial charge in [-0.15, -0.1) is 6.58 Å². The van der Waals surface area contributed by atoms with Crippen LogP contribution in [-0.2, 0) is 0 Å². The lowest BCUT2D eigenvalue weighted by Crippen LogP contribution is -1.89. The monoisotopic (exact) mass is 165 g/mol. The summed E-state index contributed by atoms with van der Waals surface area (Å²) in [5.41, 5.74) is 0. The molecule has 0 radical (unpaired) electrons. The highest BCUT2D eigenvalue weighted by molar-refractivity contribution is 4.77. The molecule has 0 rings (SSSR count). The van der Waals surface area contributed by atoms with Crippen LogP contribution in [-0.4, -0.2) is 0 Å². The van der Waals surface area contributed by atoms with E-state index in [0.29, 0.717) is 0 Å². The summed E-state index contributed by atoms with van der Waals surface area (Å²) in [7, 11) is 0. The minimum absolute atomic E-state index is 0.240. The summed E-state index contributed by atoms with van der Waals surface area (Å²) in [6.07, 6.45) is 9.16. The molecule has 0 aliphatic rings. The van der Waals surface area contributed by atoms with Gasteiger partial charge in [-0.1, -0.05) is 25.3 Å². The number of nitrogens with zero attached hydrogens (tertiary/aromatic N) is 1. The minimum Gasteiger partial charge on any atom is -0.198 e. The molecule has 0 aromatic heterocycles. The van der Waals surface area contributed by atoms with E-state index in [4.69, 9.17) is 5.26 Å². The van der Waals surface area contributed by atoms with Crippen LogP contribution in [0.1, 0.15) is 45.4 Å². The van der Waals surface area contributed by atoms with Gasteiger partial charge in [-0.3, -0.25) is 0 Å². The maximum absolute atomic E-state index is 8.51. The Labute approximate surface area is 76.1 Å². The van der Waals surface area contributed by atoms with E-state index in [1.807, 2.05) is 13.0 Å². The van der Waals surface area contributed by atoms with E-state index in [2.05, 4.69) is 12.6 Å². The highest BCUT2D eigenvalue weighted by Gasteiger charge is 1.97. The first-order chi connectivity index (χ1) is 5.81. The highest BCUT2D eigenvalue weighted by atomic mass is 14.3. The topological polar surface area (TPSA) is 23.8 Å². The lowest BCUT2D eigenvalue weighted by atomic mass is 10.0. The first kappa shape index (κ1) is 11.2. The first-order valence-electron chi connectivity index (χ1n) is 4.81. The smallest absolute Gasteiger partial charge is 0.0652 e. The van der Waals surface area contributed by atoms with Crippen LogP contribution in [0.3, 0.4) is 0 Å². The number of unbranched alkanes of at least 4 members (excludes halogenated alkanes) is 4. The molecule has 0 aliphatic heterocycles. The lowest BCUT2D eigenvalue weighted by Gasteiger charge is -2.01. The largest absolute Gasteiger partial charge is 0.198 e. The fraction of sp³-hybridized carbons (Fsp3) is 0.727. The SMILES string of the molecule is C=CCCCCCCC(C)C#N. The molecule has 0 fully saturated rings. The molecule has 0 bridgehead atoms. The van der Waals surface area contributed by atoms with Crippen LogP contribution in [0, 0.1) is 17.2 Å². The Bertz CT molecular complexity index is 144. The number of hydrogen-bond acceptors (Lipinski definition) is 1. The molecule has 0 saturated carbocycles. The van der Waals surface area contributed by atoms with Gasteiger partial charge >= 0.3 is 0 Å². The number of allylic oxidation sites excluding steroid dienone is 1. The molecule has 1 unspecified atom stereocenters. The van der Waals surface area contributed by atoms with Crippen molar-refractivity contribution in [2.24, 2.45) is 5.92 Å². The normalized spacial score (nSPS) is 12.0. The van der Waals surface area contributed by atoms with Crippen LogP contribution in [0.4, 0.5) is 0 Å². The Morgan fingerprint density at radius 2 is 2.00 bits per heavy atom. The molecule has 0 heterocycles. The van der Waals surface area contributed by atoms with E-state index < -0.39 is 0 Å². The third-order valence-electron chi connectivity index (χ3n) is 2.02. The van der Waals surface area contributed by atoms with E-state index in [1.54, 1.807) is 0 Å². The van der Waals surface area contributed by atoms with Crippen LogP contribution in [0.5, 0.6) is 0 Å². The van der Waals surface area contributed by atoms with Gasteiger partial charge in [0.2, 0.25) is 0 Å². The predicted molar refractivity (Wildman–Crippen MR) is 52.7 cm³/mol. The van der Waals surface area contributed by atoms with Gasteiger partial charge in [0.1, 0.15) is 0 Å². The van der Waals surface area contributed by atoms with Crippen LogP contribution >= 0.6 is 0 Å². The summed E-state index contributed by atoms with van der Waals surface area (Å²) >= 11 is 0. The van der Waals surface area contributed by atoms with E-state index in [0.717, 1.165) is 12.8 Å². The molecule has 0 amide bonds. The highest BCUT2D eigenvalue weighted by Crippen LogP contribution is 2.10. The van der Waals surface area contributed by atoms with Crippen molar-refractivity contribution in [3.05, 3.63) is 12.7 Å². The van der Waals surface area contributed by atoms with Crippen LogP contribution in [0.15, 0.2) is 12.7 Å². The third-order valence-corrected chi connectivity index (χ3v) is 2.02. The van der Waals surface area contributed by atoms with E-state index in [-0.39, 0.29) is 5.92 Å². The van der Waals surface area contributed by atoms with Gasteiger partial charge in [-0.2, -0.15) is 5.26 Å². The average Bonchev–Trinajstić information content (AvgIpc) is 2.10. The average molecular weight is 165 g/mol. The molecule has 68 valence electrons. The minimum atomic E-state index is 0.240. The Morgan fingerprint density at radius 3 is 2.58 bits per heavy atom. The van der Waals surface area contributed by atoms with Gasteiger partial charge in [0.15, 0.2) is 0 Å². The second-order valence-electron chi connectivity index (χ2n) is 3.31. The zero-order chi connectivity index (χ0) is 9.23. The van der Waals surface area contributed by atoms with Crippen molar-refractivity contribution in [3.8, 4) is 6.07 Å². The van der Waals surface area contributed by atoms with E-state index in [9.17, 15) is 0 Å². The molecular formula is C11H19N. The second kappa shape index (κ2) is 8.33. The quantitative estimate of drug-likeness (QED) is 0.417. The maximum atomic E-state index is 8.51. The van der Waals surface area contributed by atoms with Gasteiger partial charge in [-0.05, 0) is 26.2 Å². The Hall–Kier alpha value is -0.770. The fourth-order valence-electron chi connectivity index (χ4n) is 1.16. The Balaban J connectivity index is 3.01. The molecule has 0 aromatic carbocycles. The number of rotatable bonds is 7. The van der Waals surface area contributed by atoms with Gasteiger partial charge < -0.3 is 0 Å². The van der Waals surface area contributed by atoms with Crippen molar-refractivity contribution in [1.82, 2.24) is 0 Å². The maximum Gasteiger partial charge on any atom is 0.0652 e. The standard InChI is InChI=1S/C11H19N/c1-3-4-5-6-7-8-9-11(2)10-12/h3,11H,1,4-9H2,2H3. The number of hydrogen-bond donors (Lipinski definition) is 0. The van der Waals surface area contributed by atoms with Crippen LogP contribution in [0.2, 0.25) is 0 Å². The van der Waals surface area contributed by atoms with Crippen molar-refractivity contribution in [3.63, 3.8) is 0 Å². The molecule has 1 atom stereocenters. The van der Waals surface area contributed by atoms with Crippen molar-refractivity contribution < 1.29 is 0 Å². The molecule has 12 heavy (non-hydrogen) atoms. The fourth-order valence-corrected chi connectivity index (χ4v) is 1.16. The first-order valence-corrected chi connectivity index (χ1v) is 4.81. The Kier molecular flexibility index (Phi) is 7.79. The number of nitriles is 1. The summed E-state index contributed by atoms with van der Waals surface area (Å²) in [5, 5.41) is 8.51. The predicted octanol–water partition coefficient (Wildman–Crippen LogP) is 3.67. The molecule has 1 nitrogen and oxygen atoms in total. The van der Waals surface area contributed by atoms with Gasteiger partial charge in [0.25, 0.3) is 0 Å². The molecule has 0 saturated heterocycles. The second-order valence-corrected chi connectivity index (χ2v) is 3.31. The van der Waals surface area contributed by atoms with Crippen molar-refractivity contribution in [2.75, 3.05) is 0 Å². The van der Waals surface area contributed by atoms with Crippen molar-refractivity contribution in [1.29, 1.82) is 5.26 Å². The van der Waals surface area contributed by atoms with Gasteiger partial charge in [0.05, 0.1) is 6.07 Å². The zero-order valence-corrected chi connectivity index (χ0v) is 8.05. The summed E-state index contributed by atoms with van der Waals surface area (Å²) in [6.45, 7) is 5.67. The summed E-state index contributed by atoms with van der Waals surface area (Å²) in [4.78, 5) is 0. The van der Waals surface area contributed by atoms with E-state index >= 15 is 0 Å². The third kappa shape index (κ3) is 7.34. The zero-order valence-electron chi connectivity index (χ0n) is 8.05. The van der Waals surface area contributed by atoms with Crippen molar-refractivity contribution >= 4 is 0 Å². The van der Waals surface area contributed by atoms with Gasteiger partial charge in [-0.25, -0.2) is 0 Å². The summed E-state index contributed by atoms with van der Waals surface area (Å²) in [5.74, 6) is 0.240. The summed E-state index contributed by atoms with van der Waals surface area (Å²) in [6, 6.07) is 2.25.